The molecule has 2 unspecified atom stereocenters. The number of hydrogen-bond acceptors (Lipinski definition) is 6. The molecule has 27 heavy (non-hydrogen) atoms. The summed E-state index contributed by atoms with van der Waals surface area (Å²) in [5.74, 6) is 0.615. The molecule has 0 radical (unpaired) electrons. The zero-order chi connectivity index (χ0) is 19.1. The SMILES string of the molecule is CC(CCc1sccc1NC=O)NC(=O)C1NN=C(Cc2ccccc2)N1. The Morgan fingerprint density at radius 2 is 2.15 bits per heavy atom. The molecule has 0 aliphatic carbocycles. The highest BCUT2D eigenvalue weighted by molar-refractivity contribution is 7.10. The maximum atomic E-state index is 12.4. The van der Waals surface area contributed by atoms with E-state index in [0.29, 0.717) is 12.8 Å². The Morgan fingerprint density at radius 3 is 2.93 bits per heavy atom. The van der Waals surface area contributed by atoms with E-state index in [2.05, 4.69) is 26.5 Å². The Hall–Kier alpha value is -2.87. The van der Waals surface area contributed by atoms with Gasteiger partial charge < -0.3 is 16.0 Å². The predicted molar refractivity (Wildman–Crippen MR) is 108 cm³/mol. The minimum Gasteiger partial charge on any atom is -0.350 e. The van der Waals surface area contributed by atoms with Gasteiger partial charge >= 0.3 is 0 Å². The lowest BCUT2D eigenvalue weighted by molar-refractivity contribution is -0.124. The smallest absolute Gasteiger partial charge is 0.264 e. The lowest BCUT2D eigenvalue weighted by atomic mass is 10.1. The number of anilines is 1. The van der Waals surface area contributed by atoms with E-state index >= 15 is 0 Å². The number of carbonyl (C=O) groups is 2. The molecule has 2 amide bonds. The topological polar surface area (TPSA) is 94.6 Å². The second kappa shape index (κ2) is 9.18. The molecule has 1 aliphatic heterocycles. The first-order chi connectivity index (χ1) is 13.2. The van der Waals surface area contributed by atoms with Crippen LogP contribution in [0.5, 0.6) is 0 Å². The summed E-state index contributed by atoms with van der Waals surface area (Å²) in [5, 5.41) is 15.0. The van der Waals surface area contributed by atoms with Crippen LogP contribution in [0.4, 0.5) is 5.69 Å². The monoisotopic (exact) mass is 385 g/mol. The van der Waals surface area contributed by atoms with Crippen molar-refractivity contribution in [3.63, 3.8) is 0 Å². The molecular weight excluding hydrogens is 362 g/mol. The van der Waals surface area contributed by atoms with E-state index in [0.717, 1.165) is 34.8 Å². The van der Waals surface area contributed by atoms with E-state index < -0.39 is 6.17 Å². The number of thiophene rings is 1. The highest BCUT2D eigenvalue weighted by atomic mass is 32.1. The summed E-state index contributed by atoms with van der Waals surface area (Å²) in [4.78, 5) is 24.1. The number of amidine groups is 1. The number of hydrogen-bond donors (Lipinski definition) is 4. The fraction of sp³-hybridized carbons (Fsp3) is 0.316. The van der Waals surface area contributed by atoms with Crippen molar-refractivity contribution in [1.29, 1.82) is 0 Å². The third-order valence-electron chi connectivity index (χ3n) is 4.27. The van der Waals surface area contributed by atoms with Gasteiger partial charge in [0.2, 0.25) is 6.41 Å². The van der Waals surface area contributed by atoms with E-state index in [-0.39, 0.29) is 11.9 Å². The molecule has 8 heteroatoms. The van der Waals surface area contributed by atoms with Crippen molar-refractivity contribution in [2.24, 2.45) is 5.10 Å². The van der Waals surface area contributed by atoms with E-state index in [9.17, 15) is 9.59 Å². The largest absolute Gasteiger partial charge is 0.350 e. The molecule has 0 spiro atoms. The number of carbonyl (C=O) groups excluding carboxylic acids is 2. The Bertz CT molecular complexity index is 805. The third-order valence-corrected chi connectivity index (χ3v) is 5.25. The molecule has 142 valence electrons. The summed E-state index contributed by atoms with van der Waals surface area (Å²) in [6.45, 7) is 1.97. The number of benzene rings is 1. The molecule has 7 nitrogen and oxygen atoms in total. The highest BCUT2D eigenvalue weighted by Crippen LogP contribution is 2.23. The molecule has 2 atom stereocenters. The van der Waals surface area contributed by atoms with Crippen LogP contribution in [-0.2, 0) is 22.4 Å². The van der Waals surface area contributed by atoms with Crippen LogP contribution >= 0.6 is 11.3 Å². The van der Waals surface area contributed by atoms with Crippen LogP contribution in [0.15, 0.2) is 46.9 Å². The summed E-state index contributed by atoms with van der Waals surface area (Å²) >= 11 is 1.60. The van der Waals surface area contributed by atoms with E-state index in [1.165, 1.54) is 0 Å². The van der Waals surface area contributed by atoms with E-state index in [1.54, 1.807) is 11.3 Å². The summed E-state index contributed by atoms with van der Waals surface area (Å²) in [5.41, 5.74) is 4.82. The van der Waals surface area contributed by atoms with Gasteiger partial charge in [-0.15, -0.1) is 11.3 Å². The number of rotatable bonds is 9. The van der Waals surface area contributed by atoms with Gasteiger partial charge in [-0.25, -0.2) is 0 Å². The van der Waals surface area contributed by atoms with Crippen LogP contribution < -0.4 is 21.4 Å². The molecule has 1 aliphatic rings. The molecule has 0 bridgehead atoms. The Morgan fingerprint density at radius 1 is 1.33 bits per heavy atom. The molecule has 1 aromatic carbocycles. The van der Waals surface area contributed by atoms with Crippen LogP contribution in [0.25, 0.3) is 0 Å². The standard InChI is InChI=1S/C19H23N5O2S/c1-13(7-8-16-15(20-12-25)9-10-27-16)21-19(26)18-22-17(23-24-18)11-14-5-3-2-4-6-14/h2-6,9-10,12-13,18,24H,7-8,11H2,1H3,(H,20,25)(H,21,26)(H,22,23). The number of hydrazone groups is 1. The fourth-order valence-corrected chi connectivity index (χ4v) is 3.71. The van der Waals surface area contributed by atoms with Crippen LogP contribution in [0.3, 0.4) is 0 Å². The van der Waals surface area contributed by atoms with Crippen molar-refractivity contribution in [1.82, 2.24) is 16.1 Å². The third kappa shape index (κ3) is 5.30. The van der Waals surface area contributed by atoms with Crippen LogP contribution in [0.1, 0.15) is 23.8 Å². The van der Waals surface area contributed by atoms with Crippen LogP contribution in [-0.4, -0.2) is 30.4 Å². The van der Waals surface area contributed by atoms with Crippen molar-refractivity contribution < 1.29 is 9.59 Å². The molecule has 3 rings (SSSR count). The lowest BCUT2D eigenvalue weighted by Crippen LogP contribution is -2.51. The predicted octanol–water partition coefficient (Wildman–Crippen LogP) is 1.83. The molecule has 0 saturated heterocycles. The molecular formula is C19H23N5O2S. The van der Waals surface area contributed by atoms with Gasteiger partial charge in [-0.3, -0.25) is 15.0 Å². The van der Waals surface area contributed by atoms with Crippen LogP contribution in [0.2, 0.25) is 0 Å². The first kappa shape index (κ1) is 18.9. The van der Waals surface area contributed by atoms with Gasteiger partial charge in [-0.1, -0.05) is 30.3 Å². The summed E-state index contributed by atoms with van der Waals surface area (Å²) in [6, 6.07) is 11.9. The minimum atomic E-state index is -0.555. The van der Waals surface area contributed by atoms with Gasteiger partial charge in [0.15, 0.2) is 6.17 Å². The Labute approximate surface area is 162 Å². The number of nitrogens with one attached hydrogen (secondary N) is 4. The van der Waals surface area contributed by atoms with Gasteiger partial charge in [0.05, 0.1) is 5.69 Å². The fourth-order valence-electron chi connectivity index (χ4n) is 2.85. The van der Waals surface area contributed by atoms with Gasteiger partial charge in [-0.2, -0.15) is 5.10 Å². The van der Waals surface area contributed by atoms with E-state index in [4.69, 9.17) is 0 Å². The second-order valence-corrected chi connectivity index (χ2v) is 7.40. The summed E-state index contributed by atoms with van der Waals surface area (Å²) in [6.07, 6.45) is 2.35. The van der Waals surface area contributed by atoms with Gasteiger partial charge in [0.1, 0.15) is 5.84 Å². The van der Waals surface area contributed by atoms with Crippen molar-refractivity contribution in [3.05, 3.63) is 52.2 Å². The van der Waals surface area contributed by atoms with Gasteiger partial charge in [0, 0.05) is 17.3 Å². The molecule has 2 aromatic rings. The Balaban J connectivity index is 1.42. The average molecular weight is 385 g/mol. The number of aryl methyl sites for hydroxylation is 1. The molecule has 0 fully saturated rings. The summed E-state index contributed by atoms with van der Waals surface area (Å²) in [7, 11) is 0. The van der Waals surface area contributed by atoms with Crippen LogP contribution in [0, 0.1) is 0 Å². The maximum Gasteiger partial charge on any atom is 0.264 e. The summed E-state index contributed by atoms with van der Waals surface area (Å²) < 4.78 is 0. The normalized spacial score (nSPS) is 16.6. The first-order valence-electron chi connectivity index (χ1n) is 8.85. The van der Waals surface area contributed by atoms with Crippen molar-refractivity contribution in [3.8, 4) is 0 Å². The maximum absolute atomic E-state index is 12.4. The van der Waals surface area contributed by atoms with Gasteiger partial charge in [0.25, 0.3) is 5.91 Å². The lowest BCUT2D eigenvalue weighted by Gasteiger charge is -2.17. The van der Waals surface area contributed by atoms with Crippen molar-refractivity contribution in [2.75, 3.05) is 5.32 Å². The quantitative estimate of drug-likeness (QED) is 0.495. The molecule has 2 heterocycles. The minimum absolute atomic E-state index is 0.00505. The second-order valence-electron chi connectivity index (χ2n) is 6.40. The average Bonchev–Trinajstić information content (AvgIpc) is 3.31. The molecule has 0 saturated carbocycles. The Kier molecular flexibility index (Phi) is 6.43. The number of amides is 2. The van der Waals surface area contributed by atoms with Gasteiger partial charge in [-0.05, 0) is 36.8 Å². The number of nitrogens with zero attached hydrogens (tertiary/aromatic N) is 1. The van der Waals surface area contributed by atoms with Crippen molar-refractivity contribution in [2.45, 2.75) is 38.4 Å². The molecule has 1 aromatic heterocycles. The highest BCUT2D eigenvalue weighted by Gasteiger charge is 2.25. The zero-order valence-electron chi connectivity index (χ0n) is 15.1. The molecule has 4 N–H and O–H groups in total. The van der Waals surface area contributed by atoms with E-state index in [1.807, 2.05) is 48.7 Å². The first-order valence-corrected chi connectivity index (χ1v) is 9.73. The zero-order valence-corrected chi connectivity index (χ0v) is 15.9. The van der Waals surface area contributed by atoms with Crippen molar-refractivity contribution >= 4 is 35.2 Å².